The number of thioether (sulfide) groups is 1. The zero-order chi connectivity index (χ0) is 13.8. The summed E-state index contributed by atoms with van der Waals surface area (Å²) in [6.45, 7) is 0. The maximum absolute atomic E-state index is 13.0. The minimum Gasteiger partial charge on any atom is -0.478 e. The maximum Gasteiger partial charge on any atom is 0.335 e. The van der Waals surface area contributed by atoms with Crippen molar-refractivity contribution in [3.63, 3.8) is 0 Å². The minimum absolute atomic E-state index is 0.110. The molecule has 2 rings (SSSR count). The van der Waals surface area contributed by atoms with Crippen molar-refractivity contribution in [2.45, 2.75) is 10.6 Å². The van der Waals surface area contributed by atoms with E-state index in [1.807, 2.05) is 0 Å². The molecule has 0 aromatic heterocycles. The number of halogens is 2. The van der Waals surface area contributed by atoms with E-state index in [-0.39, 0.29) is 10.6 Å². The summed E-state index contributed by atoms with van der Waals surface area (Å²) < 4.78 is 13.0. The van der Waals surface area contributed by atoms with Crippen molar-refractivity contribution in [1.82, 2.24) is 0 Å². The Morgan fingerprint density at radius 3 is 2.47 bits per heavy atom. The lowest BCUT2D eigenvalue weighted by atomic mass is 10.2. The molecule has 5 heteroatoms. The summed E-state index contributed by atoms with van der Waals surface area (Å²) >= 11 is 7.24. The van der Waals surface area contributed by atoms with Gasteiger partial charge in [-0.15, -0.1) is 11.8 Å². The average Bonchev–Trinajstić information content (AvgIpc) is 2.40. The average molecular weight is 297 g/mol. The topological polar surface area (TPSA) is 37.3 Å². The molecule has 0 bridgehead atoms. The van der Waals surface area contributed by atoms with Crippen LogP contribution in [0.15, 0.2) is 47.4 Å². The van der Waals surface area contributed by atoms with Gasteiger partial charge in [0, 0.05) is 10.6 Å². The minimum atomic E-state index is -0.943. The van der Waals surface area contributed by atoms with Crippen LogP contribution in [0.3, 0.4) is 0 Å². The molecule has 19 heavy (non-hydrogen) atoms. The molecule has 0 saturated carbocycles. The molecule has 2 aromatic rings. The van der Waals surface area contributed by atoms with Crippen molar-refractivity contribution in [3.05, 3.63) is 64.4 Å². The van der Waals surface area contributed by atoms with Gasteiger partial charge in [-0.05, 0) is 42.0 Å². The highest BCUT2D eigenvalue weighted by Crippen LogP contribution is 2.25. The smallest absolute Gasteiger partial charge is 0.335 e. The summed E-state index contributed by atoms with van der Waals surface area (Å²) in [5.41, 5.74) is 1.17. The fraction of sp³-hybridized carbons (Fsp3) is 0.0714. The number of hydrogen-bond donors (Lipinski definition) is 1. The van der Waals surface area contributed by atoms with Gasteiger partial charge in [-0.3, -0.25) is 0 Å². The molecule has 0 spiro atoms. The molecule has 0 fully saturated rings. The third-order valence-corrected chi connectivity index (χ3v) is 3.86. The van der Waals surface area contributed by atoms with Crippen molar-refractivity contribution in [2.24, 2.45) is 0 Å². The highest BCUT2D eigenvalue weighted by Gasteiger charge is 2.04. The van der Waals surface area contributed by atoms with Crippen LogP contribution in [0.2, 0.25) is 5.02 Å². The third kappa shape index (κ3) is 3.72. The van der Waals surface area contributed by atoms with E-state index in [2.05, 4.69) is 0 Å². The zero-order valence-electron chi connectivity index (χ0n) is 9.77. The highest BCUT2D eigenvalue weighted by atomic mass is 35.5. The first-order valence-corrected chi connectivity index (χ1v) is 6.83. The van der Waals surface area contributed by atoms with Crippen LogP contribution in [0.5, 0.6) is 0 Å². The van der Waals surface area contributed by atoms with Crippen LogP contribution in [0.25, 0.3) is 0 Å². The number of aromatic carboxylic acids is 1. The monoisotopic (exact) mass is 296 g/mol. The van der Waals surface area contributed by atoms with E-state index < -0.39 is 11.8 Å². The predicted molar refractivity (Wildman–Crippen MR) is 74.4 cm³/mol. The predicted octanol–water partition coefficient (Wildman–Crippen LogP) is 4.47. The van der Waals surface area contributed by atoms with Crippen molar-refractivity contribution in [2.75, 3.05) is 0 Å². The van der Waals surface area contributed by atoms with Gasteiger partial charge in [0.2, 0.25) is 0 Å². The van der Waals surface area contributed by atoms with Crippen LogP contribution in [0, 0.1) is 5.82 Å². The first-order valence-electron chi connectivity index (χ1n) is 5.46. The molecule has 98 valence electrons. The molecule has 0 aliphatic heterocycles. The number of carboxylic acids is 1. The Morgan fingerprint density at radius 2 is 1.89 bits per heavy atom. The van der Waals surface area contributed by atoms with Crippen molar-refractivity contribution in [3.8, 4) is 0 Å². The molecule has 0 unspecified atom stereocenters. The van der Waals surface area contributed by atoms with Crippen molar-refractivity contribution in [1.29, 1.82) is 0 Å². The van der Waals surface area contributed by atoms with Crippen LogP contribution >= 0.6 is 23.4 Å². The molecule has 0 aliphatic carbocycles. The fourth-order valence-electron chi connectivity index (χ4n) is 1.49. The molecule has 0 saturated heterocycles. The highest BCUT2D eigenvalue weighted by molar-refractivity contribution is 7.98. The number of benzene rings is 2. The van der Waals surface area contributed by atoms with E-state index in [1.165, 1.54) is 17.8 Å². The van der Waals surface area contributed by atoms with Gasteiger partial charge in [0.25, 0.3) is 0 Å². The second-order valence-electron chi connectivity index (χ2n) is 3.87. The summed E-state index contributed by atoms with van der Waals surface area (Å²) in [5.74, 6) is -0.727. The first kappa shape index (κ1) is 13.9. The fourth-order valence-corrected chi connectivity index (χ4v) is 2.53. The molecule has 0 radical (unpaired) electrons. The normalized spacial score (nSPS) is 10.4. The van der Waals surface area contributed by atoms with Crippen LogP contribution in [-0.4, -0.2) is 11.1 Å². The van der Waals surface area contributed by atoms with Gasteiger partial charge in [0.1, 0.15) is 5.82 Å². The van der Waals surface area contributed by atoms with E-state index in [0.717, 1.165) is 10.5 Å². The lowest BCUT2D eigenvalue weighted by Gasteiger charge is -2.04. The van der Waals surface area contributed by atoms with E-state index >= 15 is 0 Å². The SMILES string of the molecule is O=C(O)c1ccc(SCc2ccc(F)c(Cl)c2)cc1. The van der Waals surface area contributed by atoms with E-state index in [0.29, 0.717) is 5.75 Å². The second kappa shape index (κ2) is 6.08. The molecular weight excluding hydrogens is 287 g/mol. The van der Waals surface area contributed by atoms with Crippen LogP contribution in [-0.2, 0) is 5.75 Å². The quantitative estimate of drug-likeness (QED) is 0.846. The Kier molecular flexibility index (Phi) is 4.45. The summed E-state index contributed by atoms with van der Waals surface area (Å²) in [5, 5.41) is 8.89. The summed E-state index contributed by atoms with van der Waals surface area (Å²) in [6.07, 6.45) is 0. The maximum atomic E-state index is 13.0. The lowest BCUT2D eigenvalue weighted by molar-refractivity contribution is 0.0697. The summed E-state index contributed by atoms with van der Waals surface area (Å²) in [6, 6.07) is 11.2. The summed E-state index contributed by atoms with van der Waals surface area (Å²) in [7, 11) is 0. The van der Waals surface area contributed by atoms with Crippen LogP contribution < -0.4 is 0 Å². The molecule has 2 nitrogen and oxygen atoms in total. The number of carbonyl (C=O) groups is 1. The number of rotatable bonds is 4. The zero-order valence-corrected chi connectivity index (χ0v) is 11.3. The molecule has 2 aromatic carbocycles. The van der Waals surface area contributed by atoms with Gasteiger partial charge in [-0.1, -0.05) is 17.7 Å². The van der Waals surface area contributed by atoms with E-state index in [9.17, 15) is 9.18 Å². The van der Waals surface area contributed by atoms with Crippen molar-refractivity contribution < 1.29 is 14.3 Å². The number of carboxylic acid groups (broad SMARTS) is 1. The Labute approximate surface area is 119 Å². The van der Waals surface area contributed by atoms with Gasteiger partial charge in [0.15, 0.2) is 0 Å². The second-order valence-corrected chi connectivity index (χ2v) is 5.32. The molecule has 0 heterocycles. The van der Waals surface area contributed by atoms with Gasteiger partial charge in [0.05, 0.1) is 10.6 Å². The van der Waals surface area contributed by atoms with Gasteiger partial charge < -0.3 is 5.11 Å². The molecule has 1 N–H and O–H groups in total. The van der Waals surface area contributed by atoms with E-state index in [1.54, 1.807) is 36.4 Å². The Bertz CT molecular complexity index is 599. The lowest BCUT2D eigenvalue weighted by Crippen LogP contribution is -1.94. The van der Waals surface area contributed by atoms with Gasteiger partial charge >= 0.3 is 5.97 Å². The van der Waals surface area contributed by atoms with Crippen LogP contribution in [0.1, 0.15) is 15.9 Å². The molecule has 0 aliphatic rings. The third-order valence-electron chi connectivity index (χ3n) is 2.49. The first-order chi connectivity index (χ1) is 9.06. The molecule has 0 atom stereocenters. The molecule has 0 amide bonds. The van der Waals surface area contributed by atoms with Gasteiger partial charge in [-0.25, -0.2) is 9.18 Å². The van der Waals surface area contributed by atoms with E-state index in [4.69, 9.17) is 16.7 Å². The standard InChI is InChI=1S/C14H10ClFO2S/c15-12-7-9(1-6-13(12)16)8-19-11-4-2-10(3-5-11)14(17)18/h1-7H,8H2,(H,17,18). The van der Waals surface area contributed by atoms with Crippen LogP contribution in [0.4, 0.5) is 4.39 Å². The Morgan fingerprint density at radius 1 is 1.21 bits per heavy atom. The van der Waals surface area contributed by atoms with Crippen molar-refractivity contribution >= 4 is 29.3 Å². The Balaban J connectivity index is 2.01. The molecular formula is C14H10ClFO2S. The summed E-state index contributed by atoms with van der Waals surface area (Å²) in [4.78, 5) is 11.7. The van der Waals surface area contributed by atoms with Gasteiger partial charge in [-0.2, -0.15) is 0 Å². The largest absolute Gasteiger partial charge is 0.478 e. The Hall–Kier alpha value is -1.52. The number of hydrogen-bond acceptors (Lipinski definition) is 2.